The van der Waals surface area contributed by atoms with Crippen LogP contribution in [0.25, 0.3) is 10.2 Å². The van der Waals surface area contributed by atoms with Crippen molar-refractivity contribution in [2.45, 2.75) is 32.2 Å². The molecule has 162 valence electrons. The predicted molar refractivity (Wildman–Crippen MR) is 127 cm³/mol. The van der Waals surface area contributed by atoms with Crippen molar-refractivity contribution in [1.82, 2.24) is 15.3 Å². The van der Waals surface area contributed by atoms with Crippen molar-refractivity contribution in [1.29, 1.82) is 0 Å². The van der Waals surface area contributed by atoms with Crippen molar-refractivity contribution < 1.29 is 9.53 Å². The van der Waals surface area contributed by atoms with E-state index in [0.29, 0.717) is 11.8 Å². The Morgan fingerprint density at radius 1 is 1.09 bits per heavy atom. The lowest BCUT2D eigenvalue weighted by atomic mass is 9.89. The number of nitrogens with zero attached hydrogens (tertiary/aromatic N) is 2. The van der Waals surface area contributed by atoms with Crippen LogP contribution in [0.2, 0.25) is 0 Å². The number of carbonyl (C=O) groups is 1. The number of aromatic nitrogens is 2. The molecule has 1 atom stereocenters. The summed E-state index contributed by atoms with van der Waals surface area (Å²) in [7, 11) is 0. The number of hydrogen-bond donors (Lipinski definition) is 1. The molecule has 1 aliphatic carbocycles. The molecule has 0 fully saturated rings. The Hall–Kier alpha value is -3.25. The molecule has 0 spiro atoms. The van der Waals surface area contributed by atoms with Crippen molar-refractivity contribution >= 4 is 27.5 Å². The Bertz CT molecular complexity index is 1180. The summed E-state index contributed by atoms with van der Waals surface area (Å²) >= 11 is 1.73. The van der Waals surface area contributed by atoms with Gasteiger partial charge in [-0.3, -0.25) is 4.79 Å². The SMILES string of the molecule is CC1CCc2c(sc3ncnc(OCC(=O)NC(c4ccccc4)c4ccccc4)c23)C1. The summed E-state index contributed by atoms with van der Waals surface area (Å²) in [6.07, 6.45) is 4.77. The zero-order chi connectivity index (χ0) is 21.9. The fourth-order valence-electron chi connectivity index (χ4n) is 4.34. The molecule has 1 N–H and O–H groups in total. The van der Waals surface area contributed by atoms with Crippen LogP contribution in [-0.4, -0.2) is 22.5 Å². The zero-order valence-electron chi connectivity index (χ0n) is 18.0. The second-order valence-corrected chi connectivity index (χ2v) is 9.40. The molecule has 0 bridgehead atoms. The molecule has 1 aliphatic rings. The Morgan fingerprint density at radius 3 is 2.47 bits per heavy atom. The minimum Gasteiger partial charge on any atom is -0.467 e. The van der Waals surface area contributed by atoms with E-state index in [0.717, 1.165) is 40.6 Å². The van der Waals surface area contributed by atoms with Crippen molar-refractivity contribution in [3.8, 4) is 5.88 Å². The van der Waals surface area contributed by atoms with Gasteiger partial charge in [-0.15, -0.1) is 11.3 Å². The molecule has 2 heterocycles. The van der Waals surface area contributed by atoms with Gasteiger partial charge in [0.15, 0.2) is 6.61 Å². The van der Waals surface area contributed by atoms with Crippen LogP contribution in [0.4, 0.5) is 0 Å². The topological polar surface area (TPSA) is 64.1 Å². The fraction of sp³-hybridized carbons (Fsp3) is 0.269. The first kappa shape index (κ1) is 20.6. The van der Waals surface area contributed by atoms with Gasteiger partial charge in [-0.1, -0.05) is 67.6 Å². The molecule has 2 aromatic carbocycles. The van der Waals surface area contributed by atoms with E-state index >= 15 is 0 Å². The number of nitrogens with one attached hydrogen (secondary N) is 1. The van der Waals surface area contributed by atoms with Crippen molar-refractivity contribution in [2.24, 2.45) is 5.92 Å². The van der Waals surface area contributed by atoms with Crippen molar-refractivity contribution in [2.75, 3.05) is 6.61 Å². The molecule has 6 heteroatoms. The van der Waals surface area contributed by atoms with Gasteiger partial charge in [0.05, 0.1) is 11.4 Å². The van der Waals surface area contributed by atoms with Gasteiger partial charge >= 0.3 is 0 Å². The van der Waals surface area contributed by atoms with E-state index in [4.69, 9.17) is 4.74 Å². The van der Waals surface area contributed by atoms with Crippen LogP contribution in [-0.2, 0) is 17.6 Å². The average Bonchev–Trinajstić information content (AvgIpc) is 3.20. The van der Waals surface area contributed by atoms with Crippen LogP contribution in [0.15, 0.2) is 67.0 Å². The molecular formula is C26H25N3O2S. The largest absolute Gasteiger partial charge is 0.467 e. The standard InChI is InChI=1S/C26H25N3O2S/c1-17-12-13-20-21(14-17)32-26-23(20)25(27-16-28-26)31-15-22(30)29-24(18-8-4-2-5-9-18)19-10-6-3-7-11-19/h2-11,16-17,24H,12-15H2,1H3,(H,29,30). The molecule has 5 rings (SSSR count). The molecule has 0 saturated heterocycles. The summed E-state index contributed by atoms with van der Waals surface area (Å²) in [5.74, 6) is 1.01. The lowest BCUT2D eigenvalue weighted by Crippen LogP contribution is -2.33. The molecular weight excluding hydrogens is 418 g/mol. The quantitative estimate of drug-likeness (QED) is 0.450. The van der Waals surface area contributed by atoms with Crippen molar-refractivity contribution in [3.63, 3.8) is 0 Å². The van der Waals surface area contributed by atoms with Crippen molar-refractivity contribution in [3.05, 3.63) is 88.6 Å². The van der Waals surface area contributed by atoms with Crippen LogP contribution >= 0.6 is 11.3 Å². The highest BCUT2D eigenvalue weighted by Gasteiger charge is 2.24. The number of benzene rings is 2. The van der Waals surface area contributed by atoms with E-state index < -0.39 is 0 Å². The maximum absolute atomic E-state index is 12.9. The van der Waals surface area contributed by atoms with Crippen LogP contribution in [0, 0.1) is 5.92 Å². The lowest BCUT2D eigenvalue weighted by Gasteiger charge is -2.20. The van der Waals surface area contributed by atoms with E-state index in [-0.39, 0.29) is 18.6 Å². The van der Waals surface area contributed by atoms with E-state index in [1.807, 2.05) is 60.7 Å². The first-order valence-electron chi connectivity index (χ1n) is 11.0. The van der Waals surface area contributed by atoms with Gasteiger partial charge in [0.1, 0.15) is 11.2 Å². The second-order valence-electron chi connectivity index (χ2n) is 8.32. The number of rotatable bonds is 6. The minimum absolute atomic E-state index is 0.0939. The zero-order valence-corrected chi connectivity index (χ0v) is 18.8. The van der Waals surface area contributed by atoms with Gasteiger partial charge < -0.3 is 10.1 Å². The molecule has 32 heavy (non-hydrogen) atoms. The van der Waals surface area contributed by atoms with E-state index in [2.05, 4.69) is 22.2 Å². The van der Waals surface area contributed by atoms with Gasteiger partial charge in [-0.25, -0.2) is 9.97 Å². The third-order valence-corrected chi connectivity index (χ3v) is 7.13. The number of hydrogen-bond acceptors (Lipinski definition) is 5. The summed E-state index contributed by atoms with van der Waals surface area (Å²) in [6.45, 7) is 2.19. The smallest absolute Gasteiger partial charge is 0.258 e. The highest BCUT2D eigenvalue weighted by Crippen LogP contribution is 2.40. The van der Waals surface area contributed by atoms with Gasteiger partial charge in [0.2, 0.25) is 5.88 Å². The molecule has 5 nitrogen and oxygen atoms in total. The number of thiophene rings is 1. The summed E-state index contributed by atoms with van der Waals surface area (Å²) in [5, 5.41) is 4.11. The van der Waals surface area contributed by atoms with E-state index in [9.17, 15) is 4.79 Å². The monoisotopic (exact) mass is 443 g/mol. The maximum atomic E-state index is 12.9. The van der Waals surface area contributed by atoms with E-state index in [1.165, 1.54) is 16.8 Å². The first-order chi connectivity index (χ1) is 15.7. The van der Waals surface area contributed by atoms with Crippen LogP contribution in [0.3, 0.4) is 0 Å². The van der Waals surface area contributed by atoms with Crippen LogP contribution in [0.5, 0.6) is 5.88 Å². The van der Waals surface area contributed by atoms with Gasteiger partial charge in [0.25, 0.3) is 5.91 Å². The normalized spacial score (nSPS) is 15.5. The number of carbonyl (C=O) groups excluding carboxylic acids is 1. The number of fused-ring (bicyclic) bond motifs is 3. The molecule has 4 aromatic rings. The second kappa shape index (κ2) is 9.09. The average molecular weight is 444 g/mol. The van der Waals surface area contributed by atoms with Crippen LogP contribution < -0.4 is 10.1 Å². The Morgan fingerprint density at radius 2 is 1.78 bits per heavy atom. The third kappa shape index (κ3) is 4.23. The highest BCUT2D eigenvalue weighted by atomic mass is 32.1. The summed E-state index contributed by atoms with van der Waals surface area (Å²) < 4.78 is 5.95. The number of amides is 1. The molecule has 0 aliphatic heterocycles. The molecule has 1 unspecified atom stereocenters. The Kier molecular flexibility index (Phi) is 5.86. The summed E-state index contributed by atoms with van der Waals surface area (Å²) in [5.41, 5.74) is 3.35. The summed E-state index contributed by atoms with van der Waals surface area (Å²) in [6, 6.07) is 19.7. The Balaban J connectivity index is 1.35. The molecule has 2 aromatic heterocycles. The van der Waals surface area contributed by atoms with Gasteiger partial charge in [0, 0.05) is 4.88 Å². The lowest BCUT2D eigenvalue weighted by molar-refractivity contribution is -0.123. The summed E-state index contributed by atoms with van der Waals surface area (Å²) in [4.78, 5) is 24.0. The fourth-order valence-corrected chi connectivity index (χ4v) is 5.68. The maximum Gasteiger partial charge on any atom is 0.258 e. The molecule has 0 radical (unpaired) electrons. The number of ether oxygens (including phenoxy) is 1. The third-order valence-electron chi connectivity index (χ3n) is 5.97. The van der Waals surface area contributed by atoms with Gasteiger partial charge in [-0.2, -0.15) is 0 Å². The molecule has 0 saturated carbocycles. The number of aryl methyl sites for hydroxylation is 1. The minimum atomic E-state index is -0.241. The first-order valence-corrected chi connectivity index (χ1v) is 11.8. The Labute approximate surface area is 191 Å². The van der Waals surface area contributed by atoms with Crippen LogP contribution in [0.1, 0.15) is 41.0 Å². The highest BCUT2D eigenvalue weighted by molar-refractivity contribution is 7.18. The van der Waals surface area contributed by atoms with Gasteiger partial charge in [-0.05, 0) is 41.9 Å². The predicted octanol–water partition coefficient (Wildman–Crippen LogP) is 5.10. The van der Waals surface area contributed by atoms with E-state index in [1.54, 1.807) is 11.3 Å². The molecule has 1 amide bonds.